The molecule has 1 aliphatic rings. The van der Waals surface area contributed by atoms with Crippen molar-refractivity contribution < 1.29 is 9.59 Å². The number of thiophene rings is 1. The van der Waals surface area contributed by atoms with E-state index in [1.165, 1.54) is 16.9 Å². The van der Waals surface area contributed by atoms with Crippen molar-refractivity contribution in [3.8, 4) is 0 Å². The van der Waals surface area contributed by atoms with E-state index in [9.17, 15) is 9.59 Å². The van der Waals surface area contributed by atoms with Gasteiger partial charge in [-0.1, -0.05) is 36.4 Å². The fourth-order valence-electron chi connectivity index (χ4n) is 3.13. The van der Waals surface area contributed by atoms with Gasteiger partial charge in [0.25, 0.3) is 0 Å². The van der Waals surface area contributed by atoms with Crippen LogP contribution in [-0.4, -0.2) is 30.0 Å². The molecule has 144 valence electrons. The highest BCUT2D eigenvalue weighted by molar-refractivity contribution is 7.14. The fourth-order valence-corrected chi connectivity index (χ4v) is 4.75. The number of aromatic nitrogens is 1. The highest BCUT2D eigenvalue weighted by atomic mass is 32.1. The zero-order chi connectivity index (χ0) is 19.3. The third-order valence-corrected chi connectivity index (χ3v) is 6.37. The predicted octanol–water partition coefficient (Wildman–Crippen LogP) is 3.38. The number of nitrogens with zero attached hydrogens (tertiary/aromatic N) is 2. The Morgan fingerprint density at radius 2 is 2.07 bits per heavy atom. The van der Waals surface area contributed by atoms with Crippen molar-refractivity contribution in [2.24, 2.45) is 0 Å². The third-order valence-electron chi connectivity index (χ3n) is 4.47. The highest BCUT2D eigenvalue weighted by Gasteiger charge is 2.24. The topological polar surface area (TPSA) is 74.3 Å². The number of benzene rings is 1. The summed E-state index contributed by atoms with van der Waals surface area (Å²) >= 11 is 3.03. The van der Waals surface area contributed by atoms with Crippen LogP contribution in [0.15, 0.2) is 53.2 Å². The number of hydrogen-bond donors (Lipinski definition) is 2. The van der Waals surface area contributed by atoms with Crippen molar-refractivity contribution in [3.63, 3.8) is 0 Å². The molecule has 2 N–H and O–H groups in total. The minimum absolute atomic E-state index is 0.0719. The van der Waals surface area contributed by atoms with Crippen LogP contribution in [0, 0.1) is 0 Å². The van der Waals surface area contributed by atoms with E-state index in [0.717, 1.165) is 11.3 Å². The Morgan fingerprint density at radius 3 is 2.79 bits per heavy atom. The molecule has 1 unspecified atom stereocenters. The highest BCUT2D eigenvalue weighted by Crippen LogP contribution is 2.24. The van der Waals surface area contributed by atoms with Crippen molar-refractivity contribution in [3.05, 3.63) is 69.4 Å². The summed E-state index contributed by atoms with van der Waals surface area (Å²) in [5, 5.41) is 10.4. The first-order valence-electron chi connectivity index (χ1n) is 9.05. The second kappa shape index (κ2) is 8.53. The molecular formula is C20H20N4O2S2. The molecule has 0 aliphatic carbocycles. The molecule has 8 heteroatoms. The second-order valence-electron chi connectivity index (χ2n) is 6.51. The molecule has 0 saturated carbocycles. The van der Waals surface area contributed by atoms with Crippen molar-refractivity contribution in [1.29, 1.82) is 0 Å². The first-order chi connectivity index (χ1) is 13.7. The summed E-state index contributed by atoms with van der Waals surface area (Å²) in [4.78, 5) is 31.6. The number of carbonyl (C=O) groups is 2. The molecular weight excluding hydrogens is 392 g/mol. The number of thiazole rings is 1. The lowest BCUT2D eigenvalue weighted by molar-refractivity contribution is -0.121. The Kier molecular flexibility index (Phi) is 5.68. The first kappa shape index (κ1) is 18.6. The molecule has 1 saturated heterocycles. The van der Waals surface area contributed by atoms with E-state index >= 15 is 0 Å². The van der Waals surface area contributed by atoms with Crippen LogP contribution < -0.4 is 15.5 Å². The summed E-state index contributed by atoms with van der Waals surface area (Å²) in [7, 11) is 0. The van der Waals surface area contributed by atoms with Gasteiger partial charge in [0.05, 0.1) is 18.2 Å². The van der Waals surface area contributed by atoms with E-state index in [4.69, 9.17) is 0 Å². The number of amides is 3. The molecule has 1 aliphatic heterocycles. The fraction of sp³-hybridized carbons (Fsp3) is 0.250. The van der Waals surface area contributed by atoms with Gasteiger partial charge < -0.3 is 10.6 Å². The molecule has 1 aromatic carbocycles. The largest absolute Gasteiger partial charge is 0.348 e. The Labute approximate surface area is 171 Å². The summed E-state index contributed by atoms with van der Waals surface area (Å²) in [5.41, 5.74) is 1.86. The van der Waals surface area contributed by atoms with Crippen molar-refractivity contribution >= 4 is 39.7 Å². The van der Waals surface area contributed by atoms with Gasteiger partial charge in [-0.2, -0.15) is 0 Å². The lowest BCUT2D eigenvalue weighted by Gasteiger charge is -2.17. The van der Waals surface area contributed by atoms with Gasteiger partial charge in [0.2, 0.25) is 5.91 Å². The van der Waals surface area contributed by atoms with Gasteiger partial charge >= 0.3 is 6.03 Å². The average Bonchev–Trinajstić information content (AvgIpc) is 3.44. The van der Waals surface area contributed by atoms with E-state index in [1.54, 1.807) is 16.2 Å². The van der Waals surface area contributed by atoms with Gasteiger partial charge in [0.15, 0.2) is 5.13 Å². The summed E-state index contributed by atoms with van der Waals surface area (Å²) in [6.45, 7) is 1.23. The average molecular weight is 413 g/mol. The van der Waals surface area contributed by atoms with Crippen LogP contribution >= 0.6 is 22.7 Å². The lowest BCUT2D eigenvalue weighted by Crippen LogP contribution is -2.31. The second-order valence-corrected chi connectivity index (χ2v) is 8.32. The van der Waals surface area contributed by atoms with Crippen LogP contribution in [0.2, 0.25) is 0 Å². The number of anilines is 1. The maximum absolute atomic E-state index is 12.7. The standard InChI is InChI=1S/C20H20N4O2S2/c25-18(12-15-13-28-20(22-15)24-9-8-21-19(24)26)23-16(17-7-4-10-27-17)11-14-5-2-1-3-6-14/h1-7,10,13,16H,8-9,11-12H2,(H,21,26)(H,23,25). The summed E-state index contributed by atoms with van der Waals surface area (Å²) in [6, 6.07) is 14.0. The Bertz CT molecular complexity index is 940. The summed E-state index contributed by atoms with van der Waals surface area (Å²) in [6.07, 6.45) is 0.936. The zero-order valence-corrected chi connectivity index (χ0v) is 16.8. The van der Waals surface area contributed by atoms with Crippen molar-refractivity contribution in [1.82, 2.24) is 15.6 Å². The number of rotatable bonds is 7. The normalized spacial score (nSPS) is 14.7. The van der Waals surface area contributed by atoms with E-state index < -0.39 is 0 Å². The molecule has 28 heavy (non-hydrogen) atoms. The van der Waals surface area contributed by atoms with Crippen LogP contribution in [-0.2, 0) is 17.6 Å². The molecule has 3 amide bonds. The first-order valence-corrected chi connectivity index (χ1v) is 10.8. The van der Waals surface area contributed by atoms with Crippen LogP contribution in [0.4, 0.5) is 9.93 Å². The number of nitrogens with one attached hydrogen (secondary N) is 2. The molecule has 2 aromatic heterocycles. The lowest BCUT2D eigenvalue weighted by atomic mass is 10.0. The van der Waals surface area contributed by atoms with Gasteiger partial charge in [0.1, 0.15) is 0 Å². The number of hydrogen-bond acceptors (Lipinski definition) is 5. The van der Waals surface area contributed by atoms with Crippen LogP contribution in [0.25, 0.3) is 0 Å². The molecule has 6 nitrogen and oxygen atoms in total. The molecule has 1 fully saturated rings. The quantitative estimate of drug-likeness (QED) is 0.625. The van der Waals surface area contributed by atoms with Crippen LogP contribution in [0.1, 0.15) is 22.2 Å². The van der Waals surface area contributed by atoms with Gasteiger partial charge in [-0.15, -0.1) is 22.7 Å². The third kappa shape index (κ3) is 4.40. The van der Waals surface area contributed by atoms with Gasteiger partial charge in [-0.05, 0) is 23.4 Å². The minimum atomic E-state index is -0.133. The predicted molar refractivity (Wildman–Crippen MR) is 112 cm³/mol. The van der Waals surface area contributed by atoms with Crippen LogP contribution in [0.5, 0.6) is 0 Å². The van der Waals surface area contributed by atoms with Gasteiger partial charge in [-0.3, -0.25) is 9.69 Å². The molecule has 3 heterocycles. The SMILES string of the molecule is O=C(Cc1csc(N2CCNC2=O)n1)NC(Cc1ccccc1)c1cccs1. The monoisotopic (exact) mass is 412 g/mol. The zero-order valence-electron chi connectivity index (χ0n) is 15.1. The molecule has 0 bridgehead atoms. The maximum atomic E-state index is 12.7. The van der Waals surface area contributed by atoms with Crippen LogP contribution in [0.3, 0.4) is 0 Å². The van der Waals surface area contributed by atoms with E-state index in [0.29, 0.717) is 23.9 Å². The van der Waals surface area contributed by atoms with Crippen molar-refractivity contribution in [2.75, 3.05) is 18.0 Å². The molecule has 1 atom stereocenters. The van der Waals surface area contributed by atoms with Gasteiger partial charge in [0, 0.05) is 23.3 Å². The van der Waals surface area contributed by atoms with E-state index in [2.05, 4.69) is 27.8 Å². The Hall–Kier alpha value is -2.71. The smallest absolute Gasteiger partial charge is 0.323 e. The van der Waals surface area contributed by atoms with E-state index in [-0.39, 0.29) is 24.4 Å². The van der Waals surface area contributed by atoms with Crippen molar-refractivity contribution in [2.45, 2.75) is 18.9 Å². The molecule has 0 spiro atoms. The summed E-state index contributed by atoms with van der Waals surface area (Å²) < 4.78 is 0. The minimum Gasteiger partial charge on any atom is -0.348 e. The molecule has 4 rings (SSSR count). The number of urea groups is 1. The van der Waals surface area contributed by atoms with Gasteiger partial charge in [-0.25, -0.2) is 9.78 Å². The molecule has 3 aromatic rings. The Balaban J connectivity index is 1.42. The maximum Gasteiger partial charge on any atom is 0.323 e. The molecule has 0 radical (unpaired) electrons. The van der Waals surface area contributed by atoms with E-state index in [1.807, 2.05) is 41.1 Å². The summed E-state index contributed by atoms with van der Waals surface area (Å²) in [5.74, 6) is -0.0722. The Morgan fingerprint density at radius 1 is 1.21 bits per heavy atom. The number of carbonyl (C=O) groups excluding carboxylic acids is 2.